The zero-order valence-electron chi connectivity index (χ0n) is 38.5. The number of aliphatic hydroxyl groups excluding tert-OH is 7. The third kappa shape index (κ3) is 24.6. The van der Waals surface area contributed by atoms with Gasteiger partial charge in [0.05, 0.1) is 19.8 Å². The van der Waals surface area contributed by atoms with E-state index in [2.05, 4.69) is 62.5 Å². The van der Waals surface area contributed by atoms with Crippen molar-refractivity contribution in [2.75, 3.05) is 26.4 Å². The van der Waals surface area contributed by atoms with E-state index in [0.29, 0.717) is 19.3 Å². The van der Waals surface area contributed by atoms with Gasteiger partial charge >= 0.3 is 11.9 Å². The number of allylic oxidation sites excluding steroid dienone is 10. The Morgan fingerprint density at radius 1 is 0.500 bits per heavy atom. The summed E-state index contributed by atoms with van der Waals surface area (Å²) >= 11 is 0. The van der Waals surface area contributed by atoms with Crippen molar-refractivity contribution in [2.24, 2.45) is 0 Å². The van der Waals surface area contributed by atoms with Crippen molar-refractivity contribution < 1.29 is 73.8 Å². The Bertz CT molecular complexity index is 1350. The van der Waals surface area contributed by atoms with Crippen LogP contribution in [0, 0.1) is 0 Å². The Balaban J connectivity index is 1.86. The number of ether oxygens (including phenoxy) is 6. The summed E-state index contributed by atoms with van der Waals surface area (Å²) in [7, 11) is 0. The van der Waals surface area contributed by atoms with Crippen LogP contribution in [0.1, 0.15) is 142 Å². The highest BCUT2D eigenvalue weighted by Crippen LogP contribution is 2.26. The SMILES string of the molecule is CCCCC/C=C/C/C=C/C/C=C/C/C=C/C/C=C/CCC(=O)O[C@H](COC(=O)CCCCCCCCCCC)CO[C@H]1O[C@@H](CO[C@H]2O[C@@H](CO)[C@@H](O)C(O)C2O)[C@@H](O)C(O)C1O. The molecule has 0 saturated carbocycles. The third-order valence-corrected chi connectivity index (χ3v) is 11.0. The predicted molar refractivity (Wildman–Crippen MR) is 243 cm³/mol. The first-order valence-corrected chi connectivity index (χ1v) is 23.9. The summed E-state index contributed by atoms with van der Waals surface area (Å²) in [5, 5.41) is 71.9. The van der Waals surface area contributed by atoms with Crippen molar-refractivity contribution in [1.29, 1.82) is 0 Å². The summed E-state index contributed by atoms with van der Waals surface area (Å²) in [4.78, 5) is 25.6. The minimum Gasteiger partial charge on any atom is -0.462 e. The maximum absolute atomic E-state index is 12.9. The fourth-order valence-electron chi connectivity index (χ4n) is 7.02. The second-order valence-corrected chi connectivity index (χ2v) is 16.6. The van der Waals surface area contributed by atoms with E-state index in [1.807, 2.05) is 12.2 Å². The van der Waals surface area contributed by atoms with Crippen LogP contribution < -0.4 is 0 Å². The van der Waals surface area contributed by atoms with Crippen LogP contribution in [-0.2, 0) is 38.0 Å². The molecule has 0 aromatic heterocycles. The molecule has 7 N–H and O–H groups in total. The van der Waals surface area contributed by atoms with Crippen LogP contribution in [0.4, 0.5) is 0 Å². The number of hydrogen-bond donors (Lipinski definition) is 7. The minimum atomic E-state index is -1.78. The average Bonchev–Trinajstić information content (AvgIpc) is 3.29. The lowest BCUT2D eigenvalue weighted by Crippen LogP contribution is -2.61. The molecular weight excluding hydrogens is 829 g/mol. The number of rotatable bonds is 35. The molecule has 2 aliphatic heterocycles. The van der Waals surface area contributed by atoms with Gasteiger partial charge in [0.1, 0.15) is 55.4 Å². The lowest BCUT2D eigenvalue weighted by molar-refractivity contribution is -0.332. The first kappa shape index (κ1) is 57.3. The second-order valence-electron chi connectivity index (χ2n) is 16.6. The van der Waals surface area contributed by atoms with Gasteiger partial charge in [0.15, 0.2) is 18.7 Å². The molecule has 2 heterocycles. The van der Waals surface area contributed by atoms with Gasteiger partial charge in [-0.3, -0.25) is 9.59 Å². The van der Waals surface area contributed by atoms with E-state index in [4.69, 9.17) is 28.4 Å². The molecular formula is C49H82O15. The standard InChI is InChI=1S/C49H82O15/c1-3-5-7-9-11-13-14-15-16-17-18-19-20-21-22-24-26-28-30-32-41(52)62-37(34-59-40(51)31-29-27-25-23-12-10-8-6-4-2)35-60-48-47(58)45(56)43(54)39(64-48)36-61-49-46(57)44(55)42(53)38(33-50)63-49/h11,13,15-16,18-19,21-22,26,28,37-39,42-50,53-58H,3-10,12,14,17,20,23-25,27,29-36H2,1-2H3/b13-11+,16-15+,19-18+,22-21+,28-26+/t37-,38+,39+,42-,43-,44?,45?,46?,47?,48+,49+/m1/s1. The van der Waals surface area contributed by atoms with Crippen LogP contribution in [0.2, 0.25) is 0 Å². The predicted octanol–water partition coefficient (Wildman–Crippen LogP) is 5.70. The fraction of sp³-hybridized carbons (Fsp3) is 0.755. The minimum absolute atomic E-state index is 0.0405. The van der Waals surface area contributed by atoms with Gasteiger partial charge in [0.2, 0.25) is 0 Å². The van der Waals surface area contributed by atoms with Crippen LogP contribution in [0.25, 0.3) is 0 Å². The van der Waals surface area contributed by atoms with Crippen LogP contribution in [0.3, 0.4) is 0 Å². The van der Waals surface area contributed by atoms with Crippen molar-refractivity contribution >= 4 is 11.9 Å². The van der Waals surface area contributed by atoms with Crippen molar-refractivity contribution in [3.63, 3.8) is 0 Å². The topological polar surface area (TPSA) is 231 Å². The van der Waals surface area contributed by atoms with Crippen molar-refractivity contribution in [3.8, 4) is 0 Å². The molecule has 64 heavy (non-hydrogen) atoms. The smallest absolute Gasteiger partial charge is 0.306 e. The maximum Gasteiger partial charge on any atom is 0.306 e. The van der Waals surface area contributed by atoms with Gasteiger partial charge < -0.3 is 64.2 Å². The molecule has 368 valence electrons. The molecule has 2 aliphatic rings. The normalized spacial score (nSPS) is 27.1. The lowest BCUT2D eigenvalue weighted by Gasteiger charge is -2.42. The van der Waals surface area contributed by atoms with Gasteiger partial charge in [-0.25, -0.2) is 0 Å². The molecule has 2 fully saturated rings. The number of carbonyl (C=O) groups is 2. The molecule has 2 saturated heterocycles. The van der Waals surface area contributed by atoms with Crippen molar-refractivity contribution in [3.05, 3.63) is 60.8 Å². The van der Waals surface area contributed by atoms with E-state index in [0.717, 1.165) is 44.9 Å². The lowest BCUT2D eigenvalue weighted by atomic mass is 9.98. The maximum atomic E-state index is 12.9. The van der Waals surface area contributed by atoms with E-state index < -0.39 is 99.3 Å². The zero-order valence-corrected chi connectivity index (χ0v) is 38.5. The van der Waals surface area contributed by atoms with Crippen LogP contribution in [-0.4, -0.2) is 142 Å². The van der Waals surface area contributed by atoms with Gasteiger partial charge in [-0.1, -0.05) is 139 Å². The molecule has 0 aromatic carbocycles. The highest BCUT2D eigenvalue weighted by atomic mass is 16.7. The summed E-state index contributed by atoms with van der Waals surface area (Å²) in [5.41, 5.74) is 0. The quantitative estimate of drug-likeness (QED) is 0.0230. The molecule has 4 unspecified atom stereocenters. The summed E-state index contributed by atoms with van der Waals surface area (Å²) < 4.78 is 33.3. The number of aliphatic hydroxyl groups is 7. The Kier molecular flexibility index (Phi) is 32.5. The van der Waals surface area contributed by atoms with Gasteiger partial charge in [-0.05, 0) is 51.4 Å². The van der Waals surface area contributed by atoms with Gasteiger partial charge in [0, 0.05) is 12.8 Å². The van der Waals surface area contributed by atoms with Crippen LogP contribution >= 0.6 is 0 Å². The third-order valence-electron chi connectivity index (χ3n) is 11.0. The molecule has 0 aliphatic carbocycles. The van der Waals surface area contributed by atoms with E-state index in [-0.39, 0.29) is 19.4 Å². The molecule has 15 nitrogen and oxygen atoms in total. The largest absolute Gasteiger partial charge is 0.462 e. The Morgan fingerprint density at radius 3 is 1.53 bits per heavy atom. The number of carbonyl (C=O) groups excluding carboxylic acids is 2. The molecule has 0 bridgehead atoms. The van der Waals surface area contributed by atoms with E-state index >= 15 is 0 Å². The average molecular weight is 911 g/mol. The monoisotopic (exact) mass is 911 g/mol. The first-order chi connectivity index (χ1) is 31.0. The van der Waals surface area contributed by atoms with Crippen LogP contribution in [0.5, 0.6) is 0 Å². The molecule has 0 radical (unpaired) electrons. The first-order valence-electron chi connectivity index (χ1n) is 23.9. The van der Waals surface area contributed by atoms with Crippen molar-refractivity contribution in [2.45, 2.75) is 210 Å². The van der Waals surface area contributed by atoms with E-state index in [9.17, 15) is 45.3 Å². The Labute approximate surface area is 381 Å². The number of esters is 2. The molecule has 0 spiro atoms. The molecule has 11 atom stereocenters. The highest BCUT2D eigenvalue weighted by molar-refractivity contribution is 5.70. The zero-order chi connectivity index (χ0) is 46.8. The van der Waals surface area contributed by atoms with E-state index in [1.165, 1.54) is 51.4 Å². The molecule has 2 rings (SSSR count). The molecule has 0 aromatic rings. The Hall–Kier alpha value is -2.80. The van der Waals surface area contributed by atoms with Crippen LogP contribution in [0.15, 0.2) is 60.8 Å². The summed E-state index contributed by atoms with van der Waals surface area (Å²) in [6.45, 7) is 2.43. The number of hydrogen-bond acceptors (Lipinski definition) is 15. The molecule has 0 amide bonds. The summed E-state index contributed by atoms with van der Waals surface area (Å²) in [5.74, 6) is -1.03. The van der Waals surface area contributed by atoms with Gasteiger partial charge in [-0.15, -0.1) is 0 Å². The fourth-order valence-corrected chi connectivity index (χ4v) is 7.02. The van der Waals surface area contributed by atoms with Gasteiger partial charge in [-0.2, -0.15) is 0 Å². The second kappa shape index (κ2) is 36.3. The van der Waals surface area contributed by atoms with E-state index in [1.54, 1.807) is 0 Å². The summed E-state index contributed by atoms with van der Waals surface area (Å²) in [6.07, 6.45) is 22.8. The Morgan fingerprint density at radius 2 is 0.969 bits per heavy atom. The van der Waals surface area contributed by atoms with Gasteiger partial charge in [0.25, 0.3) is 0 Å². The summed E-state index contributed by atoms with van der Waals surface area (Å²) in [6, 6.07) is 0. The molecule has 15 heteroatoms. The number of unbranched alkanes of at least 4 members (excludes halogenated alkanes) is 11. The van der Waals surface area contributed by atoms with Crippen molar-refractivity contribution in [1.82, 2.24) is 0 Å². The highest BCUT2D eigenvalue weighted by Gasteiger charge is 2.47.